The maximum absolute atomic E-state index is 4.33. The van der Waals surface area contributed by atoms with Gasteiger partial charge in [0, 0.05) is 25.3 Å². The van der Waals surface area contributed by atoms with Crippen LogP contribution in [0, 0.1) is 5.92 Å². The molecule has 1 atom stereocenters. The number of hydrogen-bond donors (Lipinski definition) is 1. The molecule has 0 aromatic carbocycles. The highest BCUT2D eigenvalue weighted by molar-refractivity contribution is 5.53. The van der Waals surface area contributed by atoms with Gasteiger partial charge in [0.05, 0.1) is 11.9 Å². The Balaban J connectivity index is 2.07. The van der Waals surface area contributed by atoms with Crippen molar-refractivity contribution in [3.05, 3.63) is 24.0 Å². The molecule has 1 aromatic rings. The molecule has 1 aliphatic rings. The van der Waals surface area contributed by atoms with Crippen LogP contribution >= 0.6 is 0 Å². The zero-order valence-corrected chi connectivity index (χ0v) is 12.5. The van der Waals surface area contributed by atoms with Gasteiger partial charge in [0.25, 0.3) is 0 Å². The molecule has 1 N–H and O–H groups in total. The first kappa shape index (κ1) is 14.3. The van der Waals surface area contributed by atoms with Gasteiger partial charge in [0.15, 0.2) is 0 Å². The molecule has 1 unspecified atom stereocenters. The predicted octanol–water partition coefficient (Wildman–Crippen LogP) is 3.21. The van der Waals surface area contributed by atoms with Crippen molar-refractivity contribution in [3.63, 3.8) is 0 Å². The lowest BCUT2D eigenvalue weighted by Gasteiger charge is -2.28. The second-order valence-corrected chi connectivity index (χ2v) is 5.93. The molecule has 0 radical (unpaired) electrons. The van der Waals surface area contributed by atoms with Gasteiger partial charge in [-0.15, -0.1) is 0 Å². The summed E-state index contributed by atoms with van der Waals surface area (Å²) in [6.07, 6.45) is 7.82. The fourth-order valence-electron chi connectivity index (χ4n) is 2.90. The van der Waals surface area contributed by atoms with E-state index in [-0.39, 0.29) is 0 Å². The van der Waals surface area contributed by atoms with Crippen molar-refractivity contribution in [3.8, 4) is 0 Å². The Bertz CT molecular complexity index is 389. The summed E-state index contributed by atoms with van der Waals surface area (Å²) in [4.78, 5) is 6.89. The maximum atomic E-state index is 4.33. The molecule has 1 aromatic heterocycles. The van der Waals surface area contributed by atoms with Gasteiger partial charge in [-0.2, -0.15) is 0 Å². The van der Waals surface area contributed by atoms with Crippen LogP contribution in [-0.2, 0) is 6.54 Å². The van der Waals surface area contributed by atoms with Crippen LogP contribution < -0.4 is 10.2 Å². The molecule has 0 saturated carbocycles. The number of rotatable bonds is 6. The standard InChI is InChI=1S/C16H27N3/c1-4-15-6-5-9-19(15)16-12-17-8-7-14(16)11-18-10-13(2)3/h7-8,12-13,15,18H,4-6,9-11H2,1-3H3. The van der Waals surface area contributed by atoms with Crippen molar-refractivity contribution >= 4 is 5.69 Å². The number of hydrogen-bond acceptors (Lipinski definition) is 3. The fraction of sp³-hybridized carbons (Fsp3) is 0.688. The highest BCUT2D eigenvalue weighted by atomic mass is 15.2. The average molecular weight is 261 g/mol. The molecule has 3 nitrogen and oxygen atoms in total. The molecule has 106 valence electrons. The van der Waals surface area contributed by atoms with Crippen LogP contribution in [0.2, 0.25) is 0 Å². The van der Waals surface area contributed by atoms with Crippen LogP contribution in [-0.4, -0.2) is 24.1 Å². The molecule has 1 fully saturated rings. The van der Waals surface area contributed by atoms with E-state index in [9.17, 15) is 0 Å². The third kappa shape index (κ3) is 3.69. The molecule has 3 heteroatoms. The summed E-state index contributed by atoms with van der Waals surface area (Å²) in [6, 6.07) is 2.86. The molecule has 1 saturated heterocycles. The van der Waals surface area contributed by atoms with E-state index in [1.807, 2.05) is 12.4 Å². The monoisotopic (exact) mass is 261 g/mol. The lowest BCUT2D eigenvalue weighted by molar-refractivity contribution is 0.551. The Morgan fingerprint density at radius 3 is 3.05 bits per heavy atom. The zero-order chi connectivity index (χ0) is 13.7. The molecule has 2 heterocycles. The Labute approximate surface area is 117 Å². The van der Waals surface area contributed by atoms with Crippen molar-refractivity contribution in [2.45, 2.75) is 52.6 Å². The minimum Gasteiger partial charge on any atom is -0.367 e. The number of anilines is 1. The second kappa shape index (κ2) is 6.90. The molecule has 0 aliphatic carbocycles. The lowest BCUT2D eigenvalue weighted by Crippen LogP contribution is -2.30. The summed E-state index contributed by atoms with van der Waals surface area (Å²) in [5.41, 5.74) is 2.72. The van der Waals surface area contributed by atoms with E-state index in [4.69, 9.17) is 0 Å². The smallest absolute Gasteiger partial charge is 0.0600 e. The summed E-state index contributed by atoms with van der Waals surface area (Å²) in [5.74, 6) is 0.695. The molecule has 0 spiro atoms. The number of nitrogens with zero attached hydrogens (tertiary/aromatic N) is 2. The van der Waals surface area contributed by atoms with Crippen LogP contribution in [0.4, 0.5) is 5.69 Å². The van der Waals surface area contributed by atoms with Crippen LogP contribution in [0.25, 0.3) is 0 Å². The summed E-state index contributed by atoms with van der Waals surface area (Å²) < 4.78 is 0. The van der Waals surface area contributed by atoms with Crippen molar-refractivity contribution in [2.24, 2.45) is 5.92 Å². The quantitative estimate of drug-likeness (QED) is 0.852. The molecule has 2 rings (SSSR count). The van der Waals surface area contributed by atoms with Crippen molar-refractivity contribution in [2.75, 3.05) is 18.0 Å². The highest BCUT2D eigenvalue weighted by Crippen LogP contribution is 2.29. The number of nitrogens with one attached hydrogen (secondary N) is 1. The SMILES string of the molecule is CCC1CCCN1c1cnccc1CNCC(C)C. The Morgan fingerprint density at radius 1 is 1.47 bits per heavy atom. The summed E-state index contributed by atoms with van der Waals surface area (Å²) in [5, 5.41) is 3.54. The molecule has 1 aliphatic heterocycles. The van der Waals surface area contributed by atoms with Gasteiger partial charge in [-0.3, -0.25) is 4.98 Å². The second-order valence-electron chi connectivity index (χ2n) is 5.93. The van der Waals surface area contributed by atoms with Gasteiger partial charge in [0.2, 0.25) is 0 Å². The van der Waals surface area contributed by atoms with E-state index >= 15 is 0 Å². The highest BCUT2D eigenvalue weighted by Gasteiger charge is 2.24. The first-order chi connectivity index (χ1) is 9.22. The molecule has 0 amide bonds. The summed E-state index contributed by atoms with van der Waals surface area (Å²) in [7, 11) is 0. The largest absolute Gasteiger partial charge is 0.367 e. The van der Waals surface area contributed by atoms with E-state index in [0.29, 0.717) is 12.0 Å². The third-order valence-corrected chi connectivity index (χ3v) is 3.91. The van der Waals surface area contributed by atoms with Crippen LogP contribution in [0.15, 0.2) is 18.5 Å². The Morgan fingerprint density at radius 2 is 2.32 bits per heavy atom. The first-order valence-corrected chi connectivity index (χ1v) is 7.62. The third-order valence-electron chi connectivity index (χ3n) is 3.91. The summed E-state index contributed by atoms with van der Waals surface area (Å²) in [6.45, 7) is 9.97. The van der Waals surface area contributed by atoms with E-state index in [1.165, 1.54) is 37.1 Å². The van der Waals surface area contributed by atoms with Crippen LogP contribution in [0.1, 0.15) is 45.6 Å². The van der Waals surface area contributed by atoms with E-state index in [2.05, 4.69) is 42.0 Å². The van der Waals surface area contributed by atoms with E-state index in [1.54, 1.807) is 0 Å². The van der Waals surface area contributed by atoms with E-state index < -0.39 is 0 Å². The maximum Gasteiger partial charge on any atom is 0.0600 e. The van der Waals surface area contributed by atoms with Crippen molar-refractivity contribution in [1.29, 1.82) is 0 Å². The molecular formula is C16H27N3. The minimum absolute atomic E-state index is 0.695. The van der Waals surface area contributed by atoms with Crippen LogP contribution in [0.3, 0.4) is 0 Å². The number of aromatic nitrogens is 1. The predicted molar refractivity (Wildman–Crippen MR) is 81.4 cm³/mol. The Kier molecular flexibility index (Phi) is 5.20. The Hall–Kier alpha value is -1.09. The topological polar surface area (TPSA) is 28.2 Å². The first-order valence-electron chi connectivity index (χ1n) is 7.62. The lowest BCUT2D eigenvalue weighted by atomic mass is 10.1. The van der Waals surface area contributed by atoms with Gasteiger partial charge >= 0.3 is 0 Å². The van der Waals surface area contributed by atoms with Gasteiger partial charge in [-0.25, -0.2) is 0 Å². The molecule has 19 heavy (non-hydrogen) atoms. The summed E-state index contributed by atoms with van der Waals surface area (Å²) >= 11 is 0. The minimum atomic E-state index is 0.695. The van der Waals surface area contributed by atoms with Gasteiger partial charge < -0.3 is 10.2 Å². The van der Waals surface area contributed by atoms with Gasteiger partial charge in [-0.05, 0) is 43.4 Å². The fourth-order valence-corrected chi connectivity index (χ4v) is 2.90. The van der Waals surface area contributed by atoms with Gasteiger partial charge in [0.1, 0.15) is 0 Å². The van der Waals surface area contributed by atoms with E-state index in [0.717, 1.165) is 13.1 Å². The van der Waals surface area contributed by atoms with Crippen molar-refractivity contribution < 1.29 is 0 Å². The molecular weight excluding hydrogens is 234 g/mol. The van der Waals surface area contributed by atoms with Crippen molar-refractivity contribution in [1.82, 2.24) is 10.3 Å². The average Bonchev–Trinajstić information content (AvgIpc) is 2.87. The number of pyridine rings is 1. The normalized spacial score (nSPS) is 19.4. The van der Waals surface area contributed by atoms with Gasteiger partial charge in [-0.1, -0.05) is 20.8 Å². The zero-order valence-electron chi connectivity index (χ0n) is 12.5. The van der Waals surface area contributed by atoms with Crippen LogP contribution in [0.5, 0.6) is 0 Å². The molecule has 0 bridgehead atoms.